The first-order chi connectivity index (χ1) is 9.85. The Morgan fingerprint density at radius 3 is 2.71 bits per heavy atom. The van der Waals surface area contributed by atoms with Crippen LogP contribution in [0.5, 0.6) is 0 Å². The van der Waals surface area contributed by atoms with Crippen LogP contribution in [0.25, 0.3) is 0 Å². The molecule has 0 aliphatic carbocycles. The summed E-state index contributed by atoms with van der Waals surface area (Å²) in [5.41, 5.74) is 0.254. The number of ether oxygens (including phenoxy) is 1. The van der Waals surface area contributed by atoms with Gasteiger partial charge in [0.1, 0.15) is 5.82 Å². The highest BCUT2D eigenvalue weighted by Gasteiger charge is 2.18. The number of hydrogen-bond acceptors (Lipinski definition) is 5. The van der Waals surface area contributed by atoms with E-state index in [1.165, 1.54) is 44.3 Å². The fourth-order valence-corrected chi connectivity index (χ4v) is 1.52. The number of carbonyl (C=O) groups is 3. The Kier molecular flexibility index (Phi) is 5.65. The number of methoxy groups -OCH3 is 1. The quantitative estimate of drug-likeness (QED) is 0.786. The van der Waals surface area contributed by atoms with E-state index in [0.29, 0.717) is 0 Å². The van der Waals surface area contributed by atoms with Crippen molar-refractivity contribution in [3.05, 3.63) is 23.9 Å². The van der Waals surface area contributed by atoms with Gasteiger partial charge in [0.2, 0.25) is 0 Å². The number of hydrogen-bond donors (Lipinski definition) is 2. The van der Waals surface area contributed by atoms with Gasteiger partial charge in [-0.2, -0.15) is 0 Å². The first-order valence-electron chi connectivity index (χ1n) is 6.14. The third-order valence-corrected chi connectivity index (χ3v) is 2.73. The number of carboxylic acids is 1. The number of nitrogens with one attached hydrogen (secondary N) is 1. The summed E-state index contributed by atoms with van der Waals surface area (Å²) in [5.74, 6) is -2.03. The monoisotopic (exact) mass is 295 g/mol. The zero-order chi connectivity index (χ0) is 16.0. The summed E-state index contributed by atoms with van der Waals surface area (Å²) >= 11 is 0. The topological polar surface area (TPSA) is 109 Å². The Labute approximate surface area is 121 Å². The van der Waals surface area contributed by atoms with Crippen molar-refractivity contribution in [1.29, 1.82) is 0 Å². The summed E-state index contributed by atoms with van der Waals surface area (Å²) in [6.45, 7) is 1.56. The van der Waals surface area contributed by atoms with E-state index in [4.69, 9.17) is 5.11 Å². The highest BCUT2D eigenvalue weighted by Crippen LogP contribution is 2.09. The summed E-state index contributed by atoms with van der Waals surface area (Å²) in [6.07, 6.45) is 1.36. The predicted molar refractivity (Wildman–Crippen MR) is 74.0 cm³/mol. The van der Waals surface area contributed by atoms with Crippen LogP contribution >= 0.6 is 0 Å². The van der Waals surface area contributed by atoms with Crippen molar-refractivity contribution in [1.82, 2.24) is 9.88 Å². The molecule has 0 aliphatic rings. The highest BCUT2D eigenvalue weighted by molar-refractivity contribution is 5.93. The van der Waals surface area contributed by atoms with Gasteiger partial charge in [-0.25, -0.2) is 14.6 Å². The number of rotatable bonds is 5. The minimum atomic E-state index is -0.986. The molecule has 0 spiro atoms. The largest absolute Gasteiger partial charge is 0.481 e. The number of carbonyl (C=O) groups excluding carboxylic acids is 2. The van der Waals surface area contributed by atoms with Gasteiger partial charge in [0.25, 0.3) is 0 Å². The number of anilines is 1. The first-order valence-corrected chi connectivity index (χ1v) is 6.14. The Balaban J connectivity index is 2.70. The van der Waals surface area contributed by atoms with E-state index in [-0.39, 0.29) is 17.9 Å². The molecule has 1 aromatic heterocycles. The van der Waals surface area contributed by atoms with E-state index in [0.717, 1.165) is 0 Å². The van der Waals surface area contributed by atoms with Gasteiger partial charge < -0.3 is 14.7 Å². The predicted octanol–water partition coefficient (Wildman–Crippen LogP) is 1.05. The number of urea groups is 1. The third-order valence-electron chi connectivity index (χ3n) is 2.73. The molecule has 0 saturated carbocycles. The second kappa shape index (κ2) is 7.22. The molecule has 8 heteroatoms. The third kappa shape index (κ3) is 4.75. The summed E-state index contributed by atoms with van der Waals surface area (Å²) in [6, 6.07) is 2.31. The van der Waals surface area contributed by atoms with Crippen molar-refractivity contribution in [3.8, 4) is 0 Å². The minimum Gasteiger partial charge on any atom is -0.481 e. The zero-order valence-electron chi connectivity index (χ0n) is 12.0. The van der Waals surface area contributed by atoms with Crippen LogP contribution in [0, 0.1) is 5.92 Å². The lowest BCUT2D eigenvalue weighted by Gasteiger charge is -2.19. The van der Waals surface area contributed by atoms with Crippen LogP contribution in [0.15, 0.2) is 18.3 Å². The average molecular weight is 295 g/mol. The number of aromatic nitrogens is 1. The maximum Gasteiger partial charge on any atom is 0.338 e. The number of nitrogens with zero attached hydrogens (tertiary/aromatic N) is 2. The number of carboxylic acid groups (broad SMARTS) is 1. The fraction of sp³-hybridized carbons (Fsp3) is 0.385. The second-order valence-electron chi connectivity index (χ2n) is 4.47. The zero-order valence-corrected chi connectivity index (χ0v) is 12.0. The molecule has 21 heavy (non-hydrogen) atoms. The molecule has 1 rings (SSSR count). The van der Waals surface area contributed by atoms with Gasteiger partial charge in [-0.15, -0.1) is 0 Å². The van der Waals surface area contributed by atoms with Crippen molar-refractivity contribution in [3.63, 3.8) is 0 Å². The number of aliphatic carboxylic acids is 1. The van der Waals surface area contributed by atoms with Gasteiger partial charge in [-0.05, 0) is 12.1 Å². The average Bonchev–Trinajstić information content (AvgIpc) is 2.46. The maximum absolute atomic E-state index is 11.9. The molecule has 0 aromatic carbocycles. The Hall–Kier alpha value is -2.64. The molecule has 0 radical (unpaired) electrons. The molecular formula is C13H17N3O5. The fourth-order valence-electron chi connectivity index (χ4n) is 1.52. The molecule has 0 fully saturated rings. The molecule has 0 saturated heterocycles. The van der Waals surface area contributed by atoms with Gasteiger partial charge >= 0.3 is 18.0 Å². The van der Waals surface area contributed by atoms with Crippen LogP contribution in [-0.2, 0) is 9.53 Å². The van der Waals surface area contributed by atoms with Crippen molar-refractivity contribution < 1.29 is 24.2 Å². The van der Waals surface area contributed by atoms with Crippen LogP contribution in [0.1, 0.15) is 17.3 Å². The van der Waals surface area contributed by atoms with Crippen molar-refractivity contribution in [2.45, 2.75) is 6.92 Å². The van der Waals surface area contributed by atoms with Crippen LogP contribution < -0.4 is 5.32 Å². The normalized spacial score (nSPS) is 11.4. The lowest BCUT2D eigenvalue weighted by molar-refractivity contribution is -0.141. The number of pyridine rings is 1. The van der Waals surface area contributed by atoms with Crippen LogP contribution in [0.3, 0.4) is 0 Å². The van der Waals surface area contributed by atoms with Crippen LogP contribution in [0.2, 0.25) is 0 Å². The molecule has 1 unspecified atom stereocenters. The summed E-state index contributed by atoms with van der Waals surface area (Å²) in [5, 5.41) is 11.3. The molecule has 114 valence electrons. The van der Waals surface area contributed by atoms with E-state index in [9.17, 15) is 14.4 Å². The van der Waals surface area contributed by atoms with E-state index < -0.39 is 23.9 Å². The van der Waals surface area contributed by atoms with Gasteiger partial charge in [0.05, 0.1) is 18.6 Å². The molecule has 8 nitrogen and oxygen atoms in total. The number of amides is 2. The Morgan fingerprint density at radius 2 is 2.14 bits per heavy atom. The minimum absolute atomic E-state index is 0.0534. The maximum atomic E-state index is 11.9. The molecule has 1 atom stereocenters. The first kappa shape index (κ1) is 16.4. The highest BCUT2D eigenvalue weighted by atomic mass is 16.5. The molecule has 1 aromatic rings. The van der Waals surface area contributed by atoms with Gasteiger partial charge in [-0.3, -0.25) is 10.1 Å². The SMILES string of the molecule is COC(=O)c1ccnc(NC(=O)N(C)CC(C)C(=O)O)c1. The Morgan fingerprint density at radius 1 is 1.48 bits per heavy atom. The molecule has 2 amide bonds. The van der Waals surface area contributed by atoms with Crippen molar-refractivity contribution in [2.24, 2.45) is 5.92 Å². The number of esters is 1. The van der Waals surface area contributed by atoms with Gasteiger partial charge in [-0.1, -0.05) is 6.92 Å². The van der Waals surface area contributed by atoms with Gasteiger partial charge in [0.15, 0.2) is 0 Å². The van der Waals surface area contributed by atoms with Crippen LogP contribution in [-0.4, -0.2) is 53.7 Å². The van der Waals surface area contributed by atoms with E-state index >= 15 is 0 Å². The van der Waals surface area contributed by atoms with E-state index in [2.05, 4.69) is 15.0 Å². The van der Waals surface area contributed by atoms with Crippen molar-refractivity contribution >= 4 is 23.8 Å². The standard InChI is InChI=1S/C13H17N3O5/c1-8(11(17)18)7-16(2)13(20)15-10-6-9(4-5-14-10)12(19)21-3/h4-6,8H,7H2,1-3H3,(H,17,18)(H,14,15,20). The van der Waals surface area contributed by atoms with E-state index in [1.807, 2.05) is 0 Å². The lowest BCUT2D eigenvalue weighted by atomic mass is 10.2. The molecule has 0 bridgehead atoms. The van der Waals surface area contributed by atoms with E-state index in [1.54, 1.807) is 0 Å². The Bertz CT molecular complexity index is 546. The smallest absolute Gasteiger partial charge is 0.338 e. The van der Waals surface area contributed by atoms with Gasteiger partial charge in [0, 0.05) is 19.8 Å². The molecule has 2 N–H and O–H groups in total. The summed E-state index contributed by atoms with van der Waals surface area (Å²) in [4.78, 5) is 39.1. The summed E-state index contributed by atoms with van der Waals surface area (Å²) in [7, 11) is 2.72. The lowest BCUT2D eigenvalue weighted by Crippen LogP contribution is -2.36. The van der Waals surface area contributed by atoms with Crippen LogP contribution in [0.4, 0.5) is 10.6 Å². The second-order valence-corrected chi connectivity index (χ2v) is 4.47. The molecular weight excluding hydrogens is 278 g/mol. The summed E-state index contributed by atoms with van der Waals surface area (Å²) < 4.78 is 4.57. The van der Waals surface area contributed by atoms with Crippen molar-refractivity contribution in [2.75, 3.05) is 26.0 Å². The molecule has 0 aliphatic heterocycles. The molecule has 1 heterocycles.